The van der Waals surface area contributed by atoms with Crippen LogP contribution in [0.1, 0.15) is 21.7 Å². The van der Waals surface area contributed by atoms with Gasteiger partial charge >= 0.3 is 0 Å². The Morgan fingerprint density at radius 1 is 1.13 bits per heavy atom. The molecule has 3 unspecified atom stereocenters. The van der Waals surface area contributed by atoms with E-state index in [1.54, 1.807) is 22.3 Å². The average Bonchev–Trinajstić information content (AvgIpc) is 3.52. The van der Waals surface area contributed by atoms with Gasteiger partial charge in [-0.3, -0.25) is 14.4 Å². The Morgan fingerprint density at radius 3 is 2.77 bits per heavy atom. The Hall–Kier alpha value is -3.03. The van der Waals surface area contributed by atoms with Gasteiger partial charge in [-0.2, -0.15) is 0 Å². The van der Waals surface area contributed by atoms with Crippen LogP contribution in [-0.4, -0.2) is 53.8 Å². The van der Waals surface area contributed by atoms with Crippen LogP contribution in [-0.2, 0) is 20.7 Å². The summed E-state index contributed by atoms with van der Waals surface area (Å²) in [5.74, 6) is -0.592. The molecule has 1 aromatic heterocycles. The van der Waals surface area contributed by atoms with Gasteiger partial charge in [-0.05, 0) is 40.8 Å². The lowest BCUT2D eigenvalue weighted by Crippen LogP contribution is -2.53. The summed E-state index contributed by atoms with van der Waals surface area (Å²) in [6, 6.07) is 15.9. The lowest BCUT2D eigenvalue weighted by atomic mass is 10.0. The number of amides is 2. The SMILES string of the molecule is O=C(NC(Cc1cccs1)C(=O)N1CCC2OCC(=O)C21)c1ccc2ccccc2c1. The van der Waals surface area contributed by atoms with Crippen LogP contribution in [0.4, 0.5) is 0 Å². The molecule has 0 saturated carbocycles. The second-order valence-electron chi connectivity index (χ2n) is 7.95. The summed E-state index contributed by atoms with van der Waals surface area (Å²) in [5, 5.41) is 6.89. The number of fused-ring (bicyclic) bond motifs is 2. The standard InChI is InChI=1S/C24H22N2O4S/c27-20-14-30-21-9-10-26(22(20)21)24(29)19(13-18-6-3-11-31-18)25-23(28)17-8-7-15-4-1-2-5-16(15)12-17/h1-8,11-12,19,21-22H,9-10,13-14H2,(H,25,28). The maximum Gasteiger partial charge on any atom is 0.251 e. The average molecular weight is 435 g/mol. The number of ether oxygens (including phenoxy) is 1. The van der Waals surface area contributed by atoms with Crippen molar-refractivity contribution in [1.29, 1.82) is 0 Å². The van der Waals surface area contributed by atoms with Crippen LogP contribution in [0.25, 0.3) is 10.8 Å². The zero-order valence-electron chi connectivity index (χ0n) is 16.8. The van der Waals surface area contributed by atoms with Gasteiger partial charge in [0.25, 0.3) is 5.91 Å². The van der Waals surface area contributed by atoms with Crippen molar-refractivity contribution in [2.24, 2.45) is 0 Å². The smallest absolute Gasteiger partial charge is 0.251 e. The van der Waals surface area contributed by atoms with Crippen molar-refractivity contribution in [2.75, 3.05) is 13.2 Å². The van der Waals surface area contributed by atoms with E-state index < -0.39 is 12.1 Å². The molecule has 3 heterocycles. The van der Waals surface area contributed by atoms with Gasteiger partial charge in [-0.25, -0.2) is 0 Å². The van der Waals surface area contributed by atoms with E-state index >= 15 is 0 Å². The highest BCUT2D eigenvalue weighted by Gasteiger charge is 2.48. The van der Waals surface area contributed by atoms with Gasteiger partial charge in [-0.1, -0.05) is 36.4 Å². The maximum absolute atomic E-state index is 13.4. The van der Waals surface area contributed by atoms with Crippen LogP contribution >= 0.6 is 11.3 Å². The topological polar surface area (TPSA) is 75.7 Å². The van der Waals surface area contributed by atoms with Gasteiger partial charge in [0.2, 0.25) is 5.91 Å². The normalized spacial score (nSPS) is 21.3. The first-order valence-corrected chi connectivity index (χ1v) is 11.2. The number of carbonyl (C=O) groups is 3. The molecule has 5 rings (SSSR count). The summed E-state index contributed by atoms with van der Waals surface area (Å²) in [4.78, 5) is 41.4. The summed E-state index contributed by atoms with van der Waals surface area (Å²) >= 11 is 1.54. The number of benzene rings is 2. The van der Waals surface area contributed by atoms with Gasteiger partial charge in [-0.15, -0.1) is 11.3 Å². The van der Waals surface area contributed by atoms with Gasteiger partial charge in [0.1, 0.15) is 18.7 Å². The lowest BCUT2D eigenvalue weighted by molar-refractivity contribution is -0.138. The molecule has 3 aromatic rings. The molecule has 2 fully saturated rings. The molecule has 0 bridgehead atoms. The fourth-order valence-corrected chi connectivity index (χ4v) is 5.20. The predicted octanol–water partition coefficient (Wildman–Crippen LogP) is 2.81. The van der Waals surface area contributed by atoms with Crippen molar-refractivity contribution in [2.45, 2.75) is 31.0 Å². The van der Waals surface area contributed by atoms with E-state index in [0.717, 1.165) is 15.6 Å². The second-order valence-corrected chi connectivity index (χ2v) is 8.98. The number of ketones is 1. The third kappa shape index (κ3) is 3.86. The van der Waals surface area contributed by atoms with Crippen LogP contribution in [0.5, 0.6) is 0 Å². The Bertz CT molecular complexity index is 1140. The molecular formula is C24H22N2O4S. The van der Waals surface area contributed by atoms with Crippen LogP contribution in [0, 0.1) is 0 Å². The summed E-state index contributed by atoms with van der Waals surface area (Å²) in [6.07, 6.45) is 0.806. The van der Waals surface area contributed by atoms with Crippen molar-refractivity contribution >= 4 is 39.7 Å². The monoisotopic (exact) mass is 434 g/mol. The molecule has 7 heteroatoms. The second kappa shape index (κ2) is 8.24. The number of likely N-dealkylation sites (tertiary alicyclic amines) is 1. The lowest BCUT2D eigenvalue weighted by Gasteiger charge is -2.27. The molecule has 0 radical (unpaired) electrons. The number of hydrogen-bond donors (Lipinski definition) is 1. The highest BCUT2D eigenvalue weighted by molar-refractivity contribution is 7.09. The number of nitrogens with zero attached hydrogens (tertiary/aromatic N) is 1. The van der Waals surface area contributed by atoms with Crippen molar-refractivity contribution in [3.8, 4) is 0 Å². The summed E-state index contributed by atoms with van der Waals surface area (Å²) in [5.41, 5.74) is 0.502. The van der Waals surface area contributed by atoms with Gasteiger partial charge < -0.3 is 15.0 Å². The van der Waals surface area contributed by atoms with Gasteiger partial charge in [0, 0.05) is 23.4 Å². The molecule has 0 aliphatic carbocycles. The van der Waals surface area contributed by atoms with Crippen LogP contribution in [0.15, 0.2) is 60.0 Å². The minimum atomic E-state index is -0.746. The highest BCUT2D eigenvalue weighted by atomic mass is 32.1. The third-order valence-electron chi connectivity index (χ3n) is 6.00. The van der Waals surface area contributed by atoms with Crippen LogP contribution < -0.4 is 5.32 Å². The van der Waals surface area contributed by atoms with E-state index in [-0.39, 0.29) is 30.3 Å². The number of rotatable bonds is 5. The van der Waals surface area contributed by atoms with Crippen molar-refractivity contribution in [3.63, 3.8) is 0 Å². The molecule has 2 aliphatic heterocycles. The Morgan fingerprint density at radius 2 is 1.97 bits per heavy atom. The Kier molecular flexibility index (Phi) is 5.29. The first-order chi connectivity index (χ1) is 15.1. The van der Waals surface area contributed by atoms with Crippen LogP contribution in [0.2, 0.25) is 0 Å². The molecule has 2 amide bonds. The van der Waals surface area contributed by atoms with E-state index in [4.69, 9.17) is 4.74 Å². The van der Waals surface area contributed by atoms with E-state index in [2.05, 4.69) is 5.32 Å². The van der Waals surface area contributed by atoms with Gasteiger partial charge in [0.15, 0.2) is 5.78 Å². The fourth-order valence-electron chi connectivity index (χ4n) is 4.44. The zero-order chi connectivity index (χ0) is 21.4. The summed E-state index contributed by atoms with van der Waals surface area (Å²) in [6.45, 7) is 0.519. The van der Waals surface area contributed by atoms with Crippen molar-refractivity contribution < 1.29 is 19.1 Å². The van der Waals surface area contributed by atoms with E-state index in [1.807, 2.05) is 53.9 Å². The number of Topliss-reactive ketones (excluding diaryl/α,β-unsaturated/α-hetero) is 1. The molecule has 2 saturated heterocycles. The largest absolute Gasteiger partial charge is 0.368 e. The molecule has 6 nitrogen and oxygen atoms in total. The van der Waals surface area contributed by atoms with Crippen molar-refractivity contribution in [3.05, 3.63) is 70.4 Å². The van der Waals surface area contributed by atoms with E-state index in [1.165, 1.54) is 0 Å². The molecule has 0 spiro atoms. The van der Waals surface area contributed by atoms with E-state index in [9.17, 15) is 14.4 Å². The number of hydrogen-bond acceptors (Lipinski definition) is 5. The molecule has 2 aromatic carbocycles. The van der Waals surface area contributed by atoms with Crippen molar-refractivity contribution in [1.82, 2.24) is 10.2 Å². The Balaban J connectivity index is 1.39. The van der Waals surface area contributed by atoms with Crippen LogP contribution in [0.3, 0.4) is 0 Å². The first-order valence-electron chi connectivity index (χ1n) is 10.4. The Labute approximate surface area is 183 Å². The third-order valence-corrected chi connectivity index (χ3v) is 6.89. The molecule has 3 atom stereocenters. The maximum atomic E-state index is 13.4. The van der Waals surface area contributed by atoms with E-state index in [0.29, 0.717) is 24.9 Å². The molecule has 158 valence electrons. The molecular weight excluding hydrogens is 412 g/mol. The summed E-state index contributed by atoms with van der Waals surface area (Å²) in [7, 11) is 0. The highest BCUT2D eigenvalue weighted by Crippen LogP contribution is 2.28. The molecule has 2 aliphatic rings. The minimum Gasteiger partial charge on any atom is -0.368 e. The number of thiophene rings is 1. The zero-order valence-corrected chi connectivity index (χ0v) is 17.6. The summed E-state index contributed by atoms with van der Waals surface area (Å²) < 4.78 is 5.52. The number of carbonyl (C=O) groups excluding carboxylic acids is 3. The molecule has 31 heavy (non-hydrogen) atoms. The first kappa shape index (κ1) is 19.9. The minimum absolute atomic E-state index is 0.0537. The quantitative estimate of drug-likeness (QED) is 0.670. The van der Waals surface area contributed by atoms with Gasteiger partial charge in [0.05, 0.1) is 6.10 Å². The predicted molar refractivity (Wildman–Crippen MR) is 118 cm³/mol. The molecule has 1 N–H and O–H groups in total. The number of nitrogens with one attached hydrogen (secondary N) is 1. The fraction of sp³-hybridized carbons (Fsp3) is 0.292.